The standard InChI is InChI=1S/C15H22N2O4/c18-13-10-14(19)17(12-6-8-21-9-7-12)15(20)16(13)11-4-2-1-3-5-11/h11-12H,1-10H2. The summed E-state index contributed by atoms with van der Waals surface area (Å²) in [7, 11) is 0. The van der Waals surface area contributed by atoms with Crippen LogP contribution in [0.15, 0.2) is 0 Å². The molecule has 1 aliphatic carbocycles. The Morgan fingerprint density at radius 1 is 0.762 bits per heavy atom. The summed E-state index contributed by atoms with van der Waals surface area (Å²) in [5.74, 6) is -0.663. The number of nitrogens with zero attached hydrogens (tertiary/aromatic N) is 2. The van der Waals surface area contributed by atoms with Crippen LogP contribution in [0.5, 0.6) is 0 Å². The molecule has 1 saturated carbocycles. The molecule has 0 bridgehead atoms. The van der Waals surface area contributed by atoms with Gasteiger partial charge in [-0.05, 0) is 25.7 Å². The second kappa shape index (κ2) is 6.13. The summed E-state index contributed by atoms with van der Waals surface area (Å²) in [5.41, 5.74) is 0. The average Bonchev–Trinajstić information content (AvgIpc) is 2.49. The van der Waals surface area contributed by atoms with Crippen molar-refractivity contribution >= 4 is 17.8 Å². The van der Waals surface area contributed by atoms with Crippen molar-refractivity contribution in [3.8, 4) is 0 Å². The van der Waals surface area contributed by atoms with E-state index in [-0.39, 0.29) is 30.3 Å². The van der Waals surface area contributed by atoms with Crippen molar-refractivity contribution in [2.24, 2.45) is 0 Å². The number of carbonyl (C=O) groups is 3. The van der Waals surface area contributed by atoms with Gasteiger partial charge >= 0.3 is 6.03 Å². The minimum atomic E-state index is -0.393. The van der Waals surface area contributed by atoms with Gasteiger partial charge in [0.1, 0.15) is 6.42 Å². The molecule has 6 nitrogen and oxygen atoms in total. The van der Waals surface area contributed by atoms with Crippen LogP contribution in [0.4, 0.5) is 4.79 Å². The van der Waals surface area contributed by atoms with Crippen LogP contribution in [-0.2, 0) is 14.3 Å². The van der Waals surface area contributed by atoms with E-state index in [2.05, 4.69) is 0 Å². The van der Waals surface area contributed by atoms with Crippen LogP contribution < -0.4 is 0 Å². The zero-order chi connectivity index (χ0) is 14.8. The molecule has 21 heavy (non-hydrogen) atoms. The summed E-state index contributed by atoms with van der Waals surface area (Å²) in [6, 6.07) is -0.526. The van der Waals surface area contributed by atoms with Gasteiger partial charge in [0.05, 0.1) is 0 Å². The topological polar surface area (TPSA) is 66.9 Å². The number of amides is 4. The normalized spacial score (nSPS) is 26.6. The molecular formula is C15H22N2O4. The number of hydrogen-bond donors (Lipinski definition) is 0. The Kier molecular flexibility index (Phi) is 4.24. The second-order valence-corrected chi connectivity index (χ2v) is 6.12. The lowest BCUT2D eigenvalue weighted by Crippen LogP contribution is -2.61. The molecule has 0 atom stereocenters. The van der Waals surface area contributed by atoms with Crippen LogP contribution in [0, 0.1) is 0 Å². The number of carbonyl (C=O) groups excluding carboxylic acids is 3. The first kappa shape index (κ1) is 14.5. The Bertz CT molecular complexity index is 401. The Balaban J connectivity index is 1.78. The molecule has 2 aliphatic heterocycles. The third-order valence-electron chi connectivity index (χ3n) is 4.75. The van der Waals surface area contributed by atoms with E-state index in [1.54, 1.807) is 0 Å². The number of imide groups is 2. The number of urea groups is 1. The van der Waals surface area contributed by atoms with Gasteiger partial charge in [-0.1, -0.05) is 19.3 Å². The van der Waals surface area contributed by atoms with Gasteiger partial charge in [-0.3, -0.25) is 19.4 Å². The highest BCUT2D eigenvalue weighted by atomic mass is 16.5. The molecule has 116 valence electrons. The van der Waals surface area contributed by atoms with Crippen molar-refractivity contribution in [3.63, 3.8) is 0 Å². The van der Waals surface area contributed by atoms with Crippen LogP contribution in [0.25, 0.3) is 0 Å². The van der Waals surface area contributed by atoms with Gasteiger partial charge in [0.15, 0.2) is 0 Å². The summed E-state index contributed by atoms with van der Waals surface area (Å²) < 4.78 is 5.30. The summed E-state index contributed by atoms with van der Waals surface area (Å²) in [5, 5.41) is 0. The Morgan fingerprint density at radius 2 is 1.29 bits per heavy atom. The lowest BCUT2D eigenvalue weighted by atomic mass is 9.93. The first-order valence-corrected chi connectivity index (χ1v) is 7.94. The molecule has 0 aromatic rings. The second-order valence-electron chi connectivity index (χ2n) is 6.12. The predicted octanol–water partition coefficient (Wildman–Crippen LogP) is 1.68. The van der Waals surface area contributed by atoms with E-state index >= 15 is 0 Å². The summed E-state index contributed by atoms with van der Waals surface area (Å²) in [6.45, 7) is 1.14. The fraction of sp³-hybridized carbons (Fsp3) is 0.800. The molecule has 0 spiro atoms. The van der Waals surface area contributed by atoms with Gasteiger partial charge in [0.25, 0.3) is 0 Å². The first-order chi connectivity index (χ1) is 10.2. The smallest absolute Gasteiger partial charge is 0.333 e. The van der Waals surface area contributed by atoms with E-state index < -0.39 is 6.03 Å². The average molecular weight is 294 g/mol. The maximum absolute atomic E-state index is 12.7. The number of hydrogen-bond acceptors (Lipinski definition) is 4. The number of rotatable bonds is 2. The van der Waals surface area contributed by atoms with E-state index in [4.69, 9.17) is 4.74 Å². The van der Waals surface area contributed by atoms with Gasteiger partial charge in [-0.15, -0.1) is 0 Å². The third kappa shape index (κ3) is 2.81. The van der Waals surface area contributed by atoms with Crippen LogP contribution in [0.1, 0.15) is 51.4 Å². The highest BCUT2D eigenvalue weighted by Crippen LogP contribution is 2.28. The van der Waals surface area contributed by atoms with Crippen LogP contribution >= 0.6 is 0 Å². The first-order valence-electron chi connectivity index (χ1n) is 7.94. The molecule has 0 unspecified atom stereocenters. The number of barbiturate groups is 1. The molecule has 3 aliphatic rings. The summed E-state index contributed by atoms with van der Waals surface area (Å²) in [4.78, 5) is 39.8. The quantitative estimate of drug-likeness (QED) is 0.727. The lowest BCUT2D eigenvalue weighted by molar-refractivity contribution is -0.146. The molecule has 2 heterocycles. The third-order valence-corrected chi connectivity index (χ3v) is 4.75. The van der Waals surface area contributed by atoms with Gasteiger partial charge in [0.2, 0.25) is 11.8 Å². The largest absolute Gasteiger partial charge is 0.381 e. The van der Waals surface area contributed by atoms with E-state index in [9.17, 15) is 14.4 Å². The molecule has 2 saturated heterocycles. The molecule has 3 fully saturated rings. The van der Waals surface area contributed by atoms with Crippen molar-refractivity contribution in [3.05, 3.63) is 0 Å². The highest BCUT2D eigenvalue weighted by Gasteiger charge is 2.44. The summed E-state index contributed by atoms with van der Waals surface area (Å²) in [6.07, 6.45) is 6.17. The monoisotopic (exact) mass is 294 g/mol. The Morgan fingerprint density at radius 3 is 1.86 bits per heavy atom. The van der Waals surface area contributed by atoms with Crippen molar-refractivity contribution in [1.29, 1.82) is 0 Å². The Labute approximate surface area is 124 Å². The maximum Gasteiger partial charge on any atom is 0.333 e. The van der Waals surface area contributed by atoms with E-state index in [1.807, 2.05) is 0 Å². The molecule has 3 rings (SSSR count). The maximum atomic E-state index is 12.7. The van der Waals surface area contributed by atoms with Gasteiger partial charge in [-0.2, -0.15) is 0 Å². The fourth-order valence-corrected chi connectivity index (χ4v) is 3.63. The van der Waals surface area contributed by atoms with E-state index in [0.717, 1.165) is 32.1 Å². The van der Waals surface area contributed by atoms with Crippen molar-refractivity contribution in [2.45, 2.75) is 63.5 Å². The zero-order valence-electron chi connectivity index (χ0n) is 12.3. The van der Waals surface area contributed by atoms with Crippen molar-refractivity contribution in [2.75, 3.05) is 13.2 Å². The molecule has 0 aromatic carbocycles. The van der Waals surface area contributed by atoms with Crippen molar-refractivity contribution in [1.82, 2.24) is 9.80 Å². The SMILES string of the molecule is O=C1CC(=O)N(C2CCOCC2)C(=O)N1C1CCCCC1. The number of ether oxygens (including phenoxy) is 1. The minimum Gasteiger partial charge on any atom is -0.381 e. The van der Waals surface area contributed by atoms with E-state index in [0.29, 0.717) is 26.1 Å². The van der Waals surface area contributed by atoms with Crippen LogP contribution in [0.2, 0.25) is 0 Å². The van der Waals surface area contributed by atoms with Gasteiger partial charge in [-0.25, -0.2) is 4.79 Å². The van der Waals surface area contributed by atoms with Crippen LogP contribution in [-0.4, -0.2) is 52.9 Å². The molecular weight excluding hydrogens is 272 g/mol. The van der Waals surface area contributed by atoms with Gasteiger partial charge in [0, 0.05) is 25.3 Å². The predicted molar refractivity (Wildman–Crippen MR) is 74.4 cm³/mol. The van der Waals surface area contributed by atoms with E-state index in [1.165, 1.54) is 9.80 Å². The highest BCUT2D eigenvalue weighted by molar-refractivity contribution is 6.14. The van der Waals surface area contributed by atoms with Gasteiger partial charge < -0.3 is 4.74 Å². The Hall–Kier alpha value is -1.43. The molecule has 6 heteroatoms. The fourth-order valence-electron chi connectivity index (χ4n) is 3.63. The summed E-state index contributed by atoms with van der Waals surface area (Å²) >= 11 is 0. The zero-order valence-corrected chi connectivity index (χ0v) is 12.3. The molecule has 0 N–H and O–H groups in total. The molecule has 4 amide bonds. The lowest BCUT2D eigenvalue weighted by Gasteiger charge is -2.42. The molecule has 0 aromatic heterocycles. The minimum absolute atomic E-state index is 0.0193. The molecule has 0 radical (unpaired) electrons. The van der Waals surface area contributed by atoms with Crippen LogP contribution in [0.3, 0.4) is 0 Å². The van der Waals surface area contributed by atoms with Crippen molar-refractivity contribution < 1.29 is 19.1 Å².